The Bertz CT molecular complexity index is 1280. The fourth-order valence-corrected chi connectivity index (χ4v) is 4.88. The molecule has 1 saturated heterocycles. The molecule has 2 N–H and O–H groups in total. The van der Waals surface area contributed by atoms with E-state index in [-0.39, 0.29) is 12.1 Å². The summed E-state index contributed by atoms with van der Waals surface area (Å²) in [6.45, 7) is 12.9. The lowest BCUT2D eigenvalue weighted by Gasteiger charge is -2.36. The molecular weight excluding hydrogens is 566 g/mol. The number of nitrogens with one attached hydrogen (secondary N) is 2. The molecule has 10 heteroatoms. The summed E-state index contributed by atoms with van der Waals surface area (Å²) in [6, 6.07) is 15.6. The highest BCUT2D eigenvalue weighted by Gasteiger charge is 2.26. The van der Waals surface area contributed by atoms with Gasteiger partial charge in [-0.15, -0.1) is 11.3 Å². The molecule has 2 aromatic carbocycles. The molecule has 0 spiro atoms. The number of nitrogens with zero attached hydrogens (tertiary/aromatic N) is 3. The first kappa shape index (κ1) is 27.7. The summed E-state index contributed by atoms with van der Waals surface area (Å²) >= 11 is 4.79. The Morgan fingerprint density at radius 1 is 1.05 bits per heavy atom. The molecule has 0 radical (unpaired) electrons. The molecule has 1 aromatic heterocycles. The zero-order chi connectivity index (χ0) is 27.3. The molecular formula is C28H32BrN5O3S. The third-order valence-electron chi connectivity index (χ3n) is 5.91. The van der Waals surface area contributed by atoms with E-state index in [1.165, 1.54) is 11.3 Å². The van der Waals surface area contributed by atoms with Gasteiger partial charge in [-0.2, -0.15) is 0 Å². The molecule has 8 nitrogen and oxygen atoms in total. The Morgan fingerprint density at radius 3 is 2.34 bits per heavy atom. The largest absolute Gasteiger partial charge is 0.444 e. The molecule has 2 heterocycles. The summed E-state index contributed by atoms with van der Waals surface area (Å²) < 4.78 is 6.47. The zero-order valence-electron chi connectivity index (χ0n) is 21.8. The van der Waals surface area contributed by atoms with Gasteiger partial charge in [0.2, 0.25) is 0 Å². The van der Waals surface area contributed by atoms with Crippen molar-refractivity contribution in [3.63, 3.8) is 0 Å². The Balaban J connectivity index is 1.22. The maximum atomic E-state index is 12.4. The van der Waals surface area contributed by atoms with Crippen LogP contribution in [0.3, 0.4) is 0 Å². The second kappa shape index (κ2) is 12.0. The van der Waals surface area contributed by atoms with E-state index in [0.29, 0.717) is 24.8 Å². The predicted octanol–water partition coefficient (Wildman–Crippen LogP) is 6.35. The van der Waals surface area contributed by atoms with E-state index in [2.05, 4.69) is 43.0 Å². The molecule has 0 bridgehead atoms. The van der Waals surface area contributed by atoms with Crippen molar-refractivity contribution in [1.82, 2.24) is 15.2 Å². The van der Waals surface area contributed by atoms with Crippen molar-refractivity contribution in [2.45, 2.75) is 32.9 Å². The van der Waals surface area contributed by atoms with Crippen LogP contribution in [0, 0.1) is 0 Å². The van der Waals surface area contributed by atoms with Crippen molar-refractivity contribution in [3.8, 4) is 0 Å². The summed E-state index contributed by atoms with van der Waals surface area (Å²) in [5.74, 6) is 0. The molecule has 0 unspecified atom stereocenters. The highest BCUT2D eigenvalue weighted by atomic mass is 79.9. The van der Waals surface area contributed by atoms with Gasteiger partial charge in [0.1, 0.15) is 5.60 Å². The fourth-order valence-electron chi connectivity index (χ4n) is 3.89. The summed E-state index contributed by atoms with van der Waals surface area (Å²) in [5.41, 5.74) is 4.09. The smallest absolute Gasteiger partial charge is 0.410 e. The van der Waals surface area contributed by atoms with Crippen LogP contribution in [0.5, 0.6) is 0 Å². The lowest BCUT2D eigenvalue weighted by Crippen LogP contribution is -2.50. The van der Waals surface area contributed by atoms with E-state index in [0.717, 1.165) is 45.6 Å². The van der Waals surface area contributed by atoms with E-state index >= 15 is 0 Å². The van der Waals surface area contributed by atoms with Gasteiger partial charge in [0.15, 0.2) is 5.13 Å². The Hall–Kier alpha value is -3.37. The molecule has 0 aliphatic carbocycles. The minimum Gasteiger partial charge on any atom is -0.444 e. The molecule has 1 fully saturated rings. The molecule has 4 rings (SSSR count). The van der Waals surface area contributed by atoms with Gasteiger partial charge in [-0.05, 0) is 56.2 Å². The van der Waals surface area contributed by atoms with Crippen molar-refractivity contribution in [1.29, 1.82) is 0 Å². The SMILES string of the molecule is C=C(c1ccc(Br)cc1)c1csc(NC(=O)NCc2ccc(N3CCN(C(=O)OC(C)(C)C)CC3)cc2)n1. The summed E-state index contributed by atoms with van der Waals surface area (Å²) in [4.78, 5) is 33.2. The predicted molar refractivity (Wildman–Crippen MR) is 157 cm³/mol. The van der Waals surface area contributed by atoms with Gasteiger partial charge in [0.05, 0.1) is 5.69 Å². The minimum absolute atomic E-state index is 0.264. The number of ether oxygens (including phenoxy) is 1. The quantitative estimate of drug-likeness (QED) is 0.346. The normalized spacial score (nSPS) is 13.7. The van der Waals surface area contributed by atoms with Crippen LogP contribution in [0.1, 0.15) is 37.6 Å². The highest BCUT2D eigenvalue weighted by molar-refractivity contribution is 9.10. The topological polar surface area (TPSA) is 86.8 Å². The number of thiazole rings is 1. The van der Waals surface area contributed by atoms with Crippen molar-refractivity contribution in [2.75, 3.05) is 36.4 Å². The van der Waals surface area contributed by atoms with Gasteiger partial charge in [0.25, 0.3) is 0 Å². The second-order valence-electron chi connectivity index (χ2n) is 9.95. The van der Waals surface area contributed by atoms with Crippen molar-refractivity contribution < 1.29 is 14.3 Å². The standard InChI is InChI=1S/C28H32BrN5O3S/c1-19(21-7-9-22(29)10-8-21)24-18-38-26(31-24)32-25(35)30-17-20-5-11-23(12-6-20)33-13-15-34(16-14-33)27(36)37-28(2,3)4/h5-12,18H,1,13-17H2,2-4H3,(H2,30,31,32,35). The van der Waals surface area contributed by atoms with Crippen LogP contribution in [0.2, 0.25) is 0 Å². The van der Waals surface area contributed by atoms with E-state index in [1.54, 1.807) is 4.90 Å². The molecule has 3 amide bonds. The molecule has 38 heavy (non-hydrogen) atoms. The molecule has 1 aliphatic rings. The van der Waals surface area contributed by atoms with Crippen LogP contribution >= 0.6 is 27.3 Å². The highest BCUT2D eigenvalue weighted by Crippen LogP contribution is 2.26. The fraction of sp³-hybridized carbons (Fsp3) is 0.321. The molecule has 200 valence electrons. The number of carbonyl (C=O) groups excluding carboxylic acids is 2. The molecule has 0 saturated carbocycles. The number of hydrogen-bond acceptors (Lipinski definition) is 6. The number of aromatic nitrogens is 1. The second-order valence-corrected chi connectivity index (χ2v) is 11.7. The molecule has 1 aliphatic heterocycles. The maximum Gasteiger partial charge on any atom is 0.410 e. The van der Waals surface area contributed by atoms with Crippen LogP contribution in [0.25, 0.3) is 5.57 Å². The lowest BCUT2D eigenvalue weighted by atomic mass is 10.1. The maximum absolute atomic E-state index is 12.4. The Kier molecular flexibility index (Phi) is 8.73. The van der Waals surface area contributed by atoms with Gasteiger partial charge in [-0.3, -0.25) is 5.32 Å². The van der Waals surface area contributed by atoms with Crippen molar-refractivity contribution >= 4 is 55.8 Å². The van der Waals surface area contributed by atoms with Gasteiger partial charge in [-0.25, -0.2) is 14.6 Å². The lowest BCUT2D eigenvalue weighted by molar-refractivity contribution is 0.0240. The van der Waals surface area contributed by atoms with E-state index in [4.69, 9.17) is 4.74 Å². The van der Waals surface area contributed by atoms with E-state index in [9.17, 15) is 9.59 Å². The van der Waals surface area contributed by atoms with Gasteiger partial charge in [0, 0.05) is 53.8 Å². The summed E-state index contributed by atoms with van der Waals surface area (Å²) in [6.07, 6.45) is -0.264. The van der Waals surface area contributed by atoms with Crippen molar-refractivity contribution in [3.05, 3.63) is 81.8 Å². The Labute approximate surface area is 235 Å². The number of halogens is 1. The number of anilines is 2. The minimum atomic E-state index is -0.492. The number of amides is 3. The molecule has 0 atom stereocenters. The average molecular weight is 599 g/mol. The first-order valence-corrected chi connectivity index (χ1v) is 14.0. The third kappa shape index (κ3) is 7.58. The van der Waals surface area contributed by atoms with Crippen LogP contribution in [0.15, 0.2) is 65.0 Å². The molecule has 3 aromatic rings. The van der Waals surface area contributed by atoms with Gasteiger partial charge < -0.3 is 19.9 Å². The number of benzene rings is 2. The first-order chi connectivity index (χ1) is 18.1. The summed E-state index contributed by atoms with van der Waals surface area (Å²) in [7, 11) is 0. The average Bonchev–Trinajstić information content (AvgIpc) is 3.35. The van der Waals surface area contributed by atoms with Gasteiger partial charge in [-0.1, -0.05) is 46.8 Å². The number of carbonyl (C=O) groups is 2. The van der Waals surface area contributed by atoms with Crippen LogP contribution in [-0.4, -0.2) is 53.8 Å². The van der Waals surface area contributed by atoms with Crippen molar-refractivity contribution in [2.24, 2.45) is 0 Å². The zero-order valence-corrected chi connectivity index (χ0v) is 24.2. The van der Waals surface area contributed by atoms with E-state index < -0.39 is 5.60 Å². The van der Waals surface area contributed by atoms with Crippen LogP contribution in [0.4, 0.5) is 20.4 Å². The monoisotopic (exact) mass is 597 g/mol. The third-order valence-corrected chi connectivity index (χ3v) is 7.20. The van der Waals surface area contributed by atoms with E-state index in [1.807, 2.05) is 74.7 Å². The number of hydrogen-bond donors (Lipinski definition) is 2. The first-order valence-electron chi connectivity index (χ1n) is 12.3. The number of rotatable bonds is 6. The Morgan fingerprint density at radius 2 is 1.71 bits per heavy atom. The summed E-state index contributed by atoms with van der Waals surface area (Å²) in [5, 5.41) is 8.07. The number of piperazine rings is 1. The number of urea groups is 1. The van der Waals surface area contributed by atoms with Gasteiger partial charge >= 0.3 is 12.1 Å². The van der Waals surface area contributed by atoms with Crippen LogP contribution < -0.4 is 15.5 Å². The van der Waals surface area contributed by atoms with Crippen LogP contribution in [-0.2, 0) is 11.3 Å².